The number of para-hydroxylation sites is 1. The number of hydrogen-bond donors (Lipinski definition) is 0. The molecule has 23 heavy (non-hydrogen) atoms. The highest BCUT2D eigenvalue weighted by molar-refractivity contribution is 6.11. The number of imidazole rings is 1. The van der Waals surface area contributed by atoms with E-state index in [1.54, 1.807) is 0 Å². The van der Waals surface area contributed by atoms with Gasteiger partial charge in [0.15, 0.2) is 5.78 Å². The normalized spacial score (nSPS) is 17.7. The third-order valence-corrected chi connectivity index (χ3v) is 5.11. The van der Waals surface area contributed by atoms with E-state index >= 15 is 0 Å². The van der Waals surface area contributed by atoms with Gasteiger partial charge < -0.3 is 9.13 Å². The Labute approximate surface area is 135 Å². The van der Waals surface area contributed by atoms with E-state index in [1.807, 2.05) is 24.5 Å². The van der Waals surface area contributed by atoms with Crippen LogP contribution < -0.4 is 0 Å². The predicted octanol–water partition coefficient (Wildman–Crippen LogP) is 3.38. The number of hydrogen-bond acceptors (Lipinski definition) is 2. The Balaban J connectivity index is 1.73. The van der Waals surface area contributed by atoms with Crippen LogP contribution in [0.1, 0.15) is 35.2 Å². The lowest BCUT2D eigenvalue weighted by Gasteiger charge is -2.23. The van der Waals surface area contributed by atoms with Gasteiger partial charge >= 0.3 is 0 Å². The van der Waals surface area contributed by atoms with Crippen molar-refractivity contribution in [2.24, 2.45) is 13.0 Å². The van der Waals surface area contributed by atoms with Crippen molar-refractivity contribution < 1.29 is 4.79 Å². The van der Waals surface area contributed by atoms with Crippen molar-refractivity contribution in [3.05, 3.63) is 53.7 Å². The molecule has 0 fully saturated rings. The van der Waals surface area contributed by atoms with Gasteiger partial charge in [0.2, 0.25) is 0 Å². The molecule has 2 heterocycles. The van der Waals surface area contributed by atoms with Crippen LogP contribution in [-0.2, 0) is 26.4 Å². The minimum Gasteiger partial charge on any atom is -0.347 e. The number of fused-ring (bicyclic) bond motifs is 3. The molecule has 3 aromatic rings. The van der Waals surface area contributed by atoms with Gasteiger partial charge in [0.1, 0.15) is 5.82 Å². The fourth-order valence-electron chi connectivity index (χ4n) is 3.89. The van der Waals surface area contributed by atoms with Crippen molar-refractivity contribution in [2.75, 3.05) is 0 Å². The largest absolute Gasteiger partial charge is 0.347 e. The van der Waals surface area contributed by atoms with Crippen molar-refractivity contribution in [1.29, 1.82) is 0 Å². The van der Waals surface area contributed by atoms with Gasteiger partial charge in [-0.3, -0.25) is 4.79 Å². The van der Waals surface area contributed by atoms with Crippen molar-refractivity contribution in [2.45, 2.75) is 32.7 Å². The first-order valence-electron chi connectivity index (χ1n) is 8.31. The summed E-state index contributed by atoms with van der Waals surface area (Å²) >= 11 is 0. The van der Waals surface area contributed by atoms with E-state index in [0.29, 0.717) is 5.78 Å². The van der Waals surface area contributed by atoms with Crippen LogP contribution in [-0.4, -0.2) is 19.9 Å². The van der Waals surface area contributed by atoms with Gasteiger partial charge in [-0.05, 0) is 18.9 Å². The highest BCUT2D eigenvalue weighted by atomic mass is 16.1. The van der Waals surface area contributed by atoms with Crippen LogP contribution in [0.5, 0.6) is 0 Å². The molecule has 118 valence electrons. The summed E-state index contributed by atoms with van der Waals surface area (Å²) in [6.45, 7) is 2.84. The number of carbonyl (C=O) groups excluding carboxylic acids is 1. The minimum absolute atomic E-state index is 0.0489. The Hall–Kier alpha value is -2.36. The topological polar surface area (TPSA) is 39.8 Å². The third kappa shape index (κ3) is 2.12. The lowest BCUT2D eigenvalue weighted by molar-refractivity contribution is 0.0887. The van der Waals surface area contributed by atoms with Crippen molar-refractivity contribution >= 4 is 16.7 Å². The second-order valence-corrected chi connectivity index (χ2v) is 6.35. The average Bonchev–Trinajstić information content (AvgIpc) is 3.14. The first-order chi connectivity index (χ1) is 11.2. The van der Waals surface area contributed by atoms with E-state index in [-0.39, 0.29) is 5.92 Å². The first-order valence-corrected chi connectivity index (χ1v) is 8.31. The Morgan fingerprint density at radius 1 is 1.30 bits per heavy atom. The van der Waals surface area contributed by atoms with Crippen LogP contribution in [0, 0.1) is 5.92 Å². The van der Waals surface area contributed by atoms with E-state index < -0.39 is 0 Å². The van der Waals surface area contributed by atoms with E-state index in [2.05, 4.69) is 40.2 Å². The molecule has 0 radical (unpaired) electrons. The molecule has 4 heteroatoms. The molecule has 0 N–H and O–H groups in total. The molecule has 1 aromatic carbocycles. The van der Waals surface area contributed by atoms with E-state index in [9.17, 15) is 4.79 Å². The SMILES string of the molecule is CCc1nccn1CC1CCc2c(c3ccccc3n2C)C1=O. The molecule has 0 spiro atoms. The van der Waals surface area contributed by atoms with Gasteiger partial charge in [-0.1, -0.05) is 25.1 Å². The first kappa shape index (κ1) is 14.2. The fourth-order valence-corrected chi connectivity index (χ4v) is 3.89. The maximum absolute atomic E-state index is 13.1. The zero-order valence-corrected chi connectivity index (χ0v) is 13.6. The van der Waals surface area contributed by atoms with Gasteiger partial charge in [0.05, 0.1) is 0 Å². The number of aryl methyl sites for hydroxylation is 2. The summed E-state index contributed by atoms with van der Waals surface area (Å²) in [6, 6.07) is 8.23. The Morgan fingerprint density at radius 3 is 2.96 bits per heavy atom. The van der Waals surface area contributed by atoms with E-state index in [0.717, 1.165) is 48.1 Å². The van der Waals surface area contributed by atoms with E-state index in [4.69, 9.17) is 0 Å². The van der Waals surface area contributed by atoms with Crippen LogP contribution in [0.2, 0.25) is 0 Å². The van der Waals surface area contributed by atoms with Crippen molar-refractivity contribution in [1.82, 2.24) is 14.1 Å². The van der Waals surface area contributed by atoms with Gasteiger partial charge in [-0.15, -0.1) is 0 Å². The number of Topliss-reactive ketones (excluding diaryl/α,β-unsaturated/α-hetero) is 1. The average molecular weight is 307 g/mol. The van der Waals surface area contributed by atoms with Gasteiger partial charge in [-0.2, -0.15) is 0 Å². The molecular weight excluding hydrogens is 286 g/mol. The second-order valence-electron chi connectivity index (χ2n) is 6.35. The van der Waals surface area contributed by atoms with E-state index in [1.165, 1.54) is 5.69 Å². The maximum atomic E-state index is 13.1. The quantitative estimate of drug-likeness (QED) is 0.744. The van der Waals surface area contributed by atoms with Gasteiger partial charge in [0, 0.05) is 60.5 Å². The third-order valence-electron chi connectivity index (χ3n) is 5.11. The summed E-state index contributed by atoms with van der Waals surface area (Å²) in [5.74, 6) is 1.40. The lowest BCUT2D eigenvalue weighted by atomic mass is 9.85. The molecule has 0 saturated heterocycles. The number of nitrogens with zero attached hydrogens (tertiary/aromatic N) is 3. The lowest BCUT2D eigenvalue weighted by Crippen LogP contribution is -2.27. The summed E-state index contributed by atoms with van der Waals surface area (Å²) in [4.78, 5) is 17.5. The van der Waals surface area contributed by atoms with Gasteiger partial charge in [-0.25, -0.2) is 4.98 Å². The number of aromatic nitrogens is 3. The standard InChI is InChI=1S/C19H21N3O/c1-3-17-20-10-11-22(17)12-13-8-9-16-18(19(13)23)14-6-4-5-7-15(14)21(16)2/h4-7,10-11,13H,3,8-9,12H2,1-2H3. The number of ketones is 1. The summed E-state index contributed by atoms with van der Waals surface area (Å²) in [7, 11) is 2.07. The molecule has 4 rings (SSSR count). The van der Waals surface area contributed by atoms with Crippen molar-refractivity contribution in [3.8, 4) is 0 Å². The van der Waals surface area contributed by atoms with Crippen molar-refractivity contribution in [3.63, 3.8) is 0 Å². The molecule has 0 aliphatic heterocycles. The highest BCUT2D eigenvalue weighted by Gasteiger charge is 2.32. The molecule has 0 saturated carbocycles. The zero-order chi connectivity index (χ0) is 16.0. The summed E-state index contributed by atoms with van der Waals surface area (Å²) in [6.07, 6.45) is 6.60. The molecule has 1 unspecified atom stereocenters. The minimum atomic E-state index is 0.0489. The Kier molecular flexibility index (Phi) is 3.33. The van der Waals surface area contributed by atoms with Crippen LogP contribution in [0.4, 0.5) is 0 Å². The molecule has 1 atom stereocenters. The molecular formula is C19H21N3O. The molecule has 4 nitrogen and oxygen atoms in total. The van der Waals surface area contributed by atoms with Gasteiger partial charge in [0.25, 0.3) is 0 Å². The molecule has 0 bridgehead atoms. The zero-order valence-electron chi connectivity index (χ0n) is 13.6. The Bertz CT molecular complexity index is 887. The molecule has 0 amide bonds. The predicted molar refractivity (Wildman–Crippen MR) is 90.7 cm³/mol. The maximum Gasteiger partial charge on any atom is 0.170 e. The second kappa shape index (κ2) is 5.37. The Morgan fingerprint density at radius 2 is 2.13 bits per heavy atom. The summed E-state index contributed by atoms with van der Waals surface area (Å²) < 4.78 is 4.33. The molecule has 1 aliphatic rings. The molecule has 1 aliphatic carbocycles. The summed E-state index contributed by atoms with van der Waals surface area (Å²) in [5, 5.41) is 1.10. The van der Waals surface area contributed by atoms with Crippen LogP contribution in [0.3, 0.4) is 0 Å². The number of carbonyl (C=O) groups is 1. The highest BCUT2D eigenvalue weighted by Crippen LogP contribution is 2.34. The monoisotopic (exact) mass is 307 g/mol. The summed E-state index contributed by atoms with van der Waals surface area (Å²) in [5.41, 5.74) is 3.29. The van der Waals surface area contributed by atoms with Crippen LogP contribution in [0.25, 0.3) is 10.9 Å². The van der Waals surface area contributed by atoms with Crippen LogP contribution in [0.15, 0.2) is 36.7 Å². The van der Waals surface area contributed by atoms with Crippen LogP contribution >= 0.6 is 0 Å². The fraction of sp³-hybridized carbons (Fsp3) is 0.368. The number of rotatable bonds is 3. The smallest absolute Gasteiger partial charge is 0.170 e. The molecule has 2 aromatic heterocycles. The number of benzene rings is 1.